The average molecular weight is 677 g/mol. The molecule has 0 N–H and O–H groups in total. The molecule has 248 valence electrons. The minimum Gasteiger partial charge on any atom is -0.455 e. The van der Waals surface area contributed by atoms with Crippen LogP contribution in [0.1, 0.15) is 0 Å². The summed E-state index contributed by atoms with van der Waals surface area (Å²) in [6.45, 7) is 0. The molecule has 0 aliphatic rings. The molecule has 3 nitrogen and oxygen atoms in total. The predicted molar refractivity (Wildman–Crippen MR) is 223 cm³/mol. The van der Waals surface area contributed by atoms with Crippen molar-refractivity contribution in [1.29, 1.82) is 0 Å². The van der Waals surface area contributed by atoms with Gasteiger partial charge in [-0.3, -0.25) is 0 Å². The molecule has 0 radical (unpaired) electrons. The van der Waals surface area contributed by atoms with Crippen LogP contribution in [0, 0.1) is 0 Å². The van der Waals surface area contributed by atoms with E-state index in [0.29, 0.717) is 0 Å². The van der Waals surface area contributed by atoms with Gasteiger partial charge in [-0.2, -0.15) is 0 Å². The molecule has 0 fully saturated rings. The van der Waals surface area contributed by atoms with Gasteiger partial charge in [-0.15, -0.1) is 0 Å². The van der Waals surface area contributed by atoms with Crippen LogP contribution in [-0.4, -0.2) is 4.57 Å². The van der Waals surface area contributed by atoms with Crippen molar-refractivity contribution in [3.63, 3.8) is 0 Å². The highest BCUT2D eigenvalue weighted by atomic mass is 16.3. The molecule has 0 aliphatic carbocycles. The molecule has 11 aromatic rings. The van der Waals surface area contributed by atoms with Gasteiger partial charge in [0.15, 0.2) is 0 Å². The van der Waals surface area contributed by atoms with E-state index in [2.05, 4.69) is 204 Å². The first-order valence-electron chi connectivity index (χ1n) is 18.1. The van der Waals surface area contributed by atoms with Crippen LogP contribution in [0.5, 0.6) is 0 Å². The number of hydrogen-bond acceptors (Lipinski definition) is 2. The largest absolute Gasteiger partial charge is 0.455 e. The highest BCUT2D eigenvalue weighted by Gasteiger charge is 2.21. The minimum atomic E-state index is 0.879. The van der Waals surface area contributed by atoms with Crippen molar-refractivity contribution in [2.45, 2.75) is 0 Å². The number of benzene rings is 9. The zero-order valence-electron chi connectivity index (χ0n) is 28.8. The van der Waals surface area contributed by atoms with E-state index >= 15 is 0 Å². The summed E-state index contributed by atoms with van der Waals surface area (Å²) in [6, 6.07) is 69.9. The van der Waals surface area contributed by atoms with Crippen LogP contribution in [0.2, 0.25) is 0 Å². The first kappa shape index (κ1) is 29.6. The van der Waals surface area contributed by atoms with E-state index in [1.807, 2.05) is 0 Å². The Morgan fingerprint density at radius 2 is 1.02 bits per heavy atom. The summed E-state index contributed by atoms with van der Waals surface area (Å²) in [5.74, 6) is 0. The molecule has 0 unspecified atom stereocenters. The van der Waals surface area contributed by atoms with Gasteiger partial charge in [0.05, 0.1) is 16.7 Å². The molecule has 0 saturated heterocycles. The Morgan fingerprint density at radius 3 is 1.85 bits per heavy atom. The number of para-hydroxylation sites is 2. The summed E-state index contributed by atoms with van der Waals surface area (Å²) in [5.41, 5.74) is 10.9. The van der Waals surface area contributed by atoms with Crippen molar-refractivity contribution in [3.05, 3.63) is 194 Å². The van der Waals surface area contributed by atoms with Crippen molar-refractivity contribution >= 4 is 82.4 Å². The quantitative estimate of drug-likeness (QED) is 0.181. The fourth-order valence-corrected chi connectivity index (χ4v) is 8.29. The van der Waals surface area contributed by atoms with Gasteiger partial charge in [0, 0.05) is 49.4 Å². The van der Waals surface area contributed by atoms with Crippen molar-refractivity contribution in [1.82, 2.24) is 4.57 Å². The number of hydrogen-bond donors (Lipinski definition) is 0. The lowest BCUT2D eigenvalue weighted by atomic mass is 9.98. The van der Waals surface area contributed by atoms with E-state index in [-0.39, 0.29) is 0 Å². The van der Waals surface area contributed by atoms with Gasteiger partial charge in [-0.05, 0) is 94.7 Å². The van der Waals surface area contributed by atoms with Crippen LogP contribution < -0.4 is 4.90 Å². The number of rotatable bonds is 5. The predicted octanol–water partition coefficient (Wildman–Crippen LogP) is 14.1. The molecule has 9 aromatic carbocycles. The zero-order valence-corrected chi connectivity index (χ0v) is 28.8. The van der Waals surface area contributed by atoms with E-state index in [1.165, 1.54) is 49.1 Å². The molecule has 2 heterocycles. The Labute approximate surface area is 306 Å². The van der Waals surface area contributed by atoms with Crippen molar-refractivity contribution in [2.24, 2.45) is 0 Å². The van der Waals surface area contributed by atoms with E-state index in [1.54, 1.807) is 0 Å². The van der Waals surface area contributed by atoms with Gasteiger partial charge in [-0.1, -0.05) is 121 Å². The lowest BCUT2D eigenvalue weighted by Crippen LogP contribution is -2.11. The van der Waals surface area contributed by atoms with Crippen LogP contribution in [-0.2, 0) is 0 Å². The number of fused-ring (bicyclic) bond motifs is 9. The minimum absolute atomic E-state index is 0.879. The first-order valence-corrected chi connectivity index (χ1v) is 18.1. The van der Waals surface area contributed by atoms with Crippen LogP contribution in [0.15, 0.2) is 199 Å². The molecule has 0 aliphatic heterocycles. The SMILES string of the molecule is c1ccc(-c2cc(N(c3ccc4oc5c6ccccc6ccc5c4c3)c3ccc4c(c3)c3ccccc3n4-c3ccccc3)c3ccccc3c2)cc1. The summed E-state index contributed by atoms with van der Waals surface area (Å²) >= 11 is 0. The van der Waals surface area contributed by atoms with Gasteiger partial charge >= 0.3 is 0 Å². The fraction of sp³-hybridized carbons (Fsp3) is 0. The molecule has 53 heavy (non-hydrogen) atoms. The maximum atomic E-state index is 6.59. The maximum Gasteiger partial charge on any atom is 0.143 e. The second-order valence-electron chi connectivity index (χ2n) is 13.8. The van der Waals surface area contributed by atoms with Gasteiger partial charge < -0.3 is 13.9 Å². The van der Waals surface area contributed by atoms with E-state index < -0.39 is 0 Å². The Hall–Kier alpha value is -7.10. The van der Waals surface area contributed by atoms with Crippen LogP contribution in [0.25, 0.3) is 82.1 Å². The van der Waals surface area contributed by atoms with Gasteiger partial charge in [0.2, 0.25) is 0 Å². The Morgan fingerprint density at radius 1 is 0.377 bits per heavy atom. The Bertz CT molecular complexity index is 3170. The zero-order chi connectivity index (χ0) is 34.9. The molecule has 3 heteroatoms. The number of anilines is 3. The highest BCUT2D eigenvalue weighted by molar-refractivity contribution is 6.16. The Balaban J connectivity index is 1.21. The van der Waals surface area contributed by atoms with Gasteiger partial charge in [0.25, 0.3) is 0 Å². The van der Waals surface area contributed by atoms with E-state index in [0.717, 1.165) is 50.1 Å². The smallest absolute Gasteiger partial charge is 0.143 e. The third-order valence-electron chi connectivity index (χ3n) is 10.7. The van der Waals surface area contributed by atoms with Crippen molar-refractivity contribution < 1.29 is 4.42 Å². The molecular weight excluding hydrogens is 645 g/mol. The standard InChI is InChI=1S/C50H32N2O/c1-3-13-33(14-4-1)36-29-35-16-8-9-19-40(35)48(30-36)51(39-25-28-49-45(32-39)43-26-23-34-15-7-10-20-41(34)50(43)53-49)38-24-27-47-44(31-38)42-21-11-12-22-46(42)52(47)37-17-5-2-6-18-37/h1-32H. The summed E-state index contributed by atoms with van der Waals surface area (Å²) in [4.78, 5) is 2.43. The Kier molecular flexibility index (Phi) is 6.55. The summed E-state index contributed by atoms with van der Waals surface area (Å²) in [7, 11) is 0. The second-order valence-corrected chi connectivity index (χ2v) is 13.8. The molecule has 11 rings (SSSR count). The topological polar surface area (TPSA) is 21.3 Å². The third kappa shape index (κ3) is 4.68. The first-order chi connectivity index (χ1) is 26.3. The second kappa shape index (κ2) is 11.7. The molecule has 0 amide bonds. The summed E-state index contributed by atoms with van der Waals surface area (Å²) in [6.07, 6.45) is 0. The molecular formula is C50H32N2O. The van der Waals surface area contributed by atoms with Crippen molar-refractivity contribution in [2.75, 3.05) is 4.90 Å². The molecule has 0 saturated carbocycles. The maximum absolute atomic E-state index is 6.59. The molecule has 2 aromatic heterocycles. The normalized spacial score (nSPS) is 11.8. The number of aromatic nitrogens is 1. The number of furan rings is 1. The fourth-order valence-electron chi connectivity index (χ4n) is 8.29. The molecule has 0 atom stereocenters. The lowest BCUT2D eigenvalue weighted by molar-refractivity contribution is 0.672. The van der Waals surface area contributed by atoms with E-state index in [9.17, 15) is 0 Å². The summed E-state index contributed by atoms with van der Waals surface area (Å²) in [5, 5.41) is 9.31. The van der Waals surface area contributed by atoms with Gasteiger partial charge in [-0.25, -0.2) is 0 Å². The van der Waals surface area contributed by atoms with Crippen LogP contribution >= 0.6 is 0 Å². The highest BCUT2D eigenvalue weighted by Crippen LogP contribution is 2.45. The monoisotopic (exact) mass is 676 g/mol. The van der Waals surface area contributed by atoms with Gasteiger partial charge in [0.1, 0.15) is 11.2 Å². The van der Waals surface area contributed by atoms with Crippen molar-refractivity contribution in [3.8, 4) is 16.8 Å². The van der Waals surface area contributed by atoms with Crippen LogP contribution in [0.4, 0.5) is 17.1 Å². The van der Waals surface area contributed by atoms with Crippen LogP contribution in [0.3, 0.4) is 0 Å². The number of nitrogens with zero attached hydrogens (tertiary/aromatic N) is 2. The average Bonchev–Trinajstić information content (AvgIpc) is 3.77. The molecule has 0 bridgehead atoms. The van der Waals surface area contributed by atoms with E-state index in [4.69, 9.17) is 4.42 Å². The molecule has 0 spiro atoms. The third-order valence-corrected chi connectivity index (χ3v) is 10.7. The lowest BCUT2D eigenvalue weighted by Gasteiger charge is -2.28. The summed E-state index contributed by atoms with van der Waals surface area (Å²) < 4.78 is 8.96.